The smallest absolute Gasteiger partial charge is 0.408 e. The number of carbonyl (C=O) groups is 4. The van der Waals surface area contributed by atoms with Crippen LogP contribution >= 0.6 is 0 Å². The van der Waals surface area contributed by atoms with Crippen LogP contribution in [0.25, 0.3) is 22.2 Å². The molecule has 2 heterocycles. The summed E-state index contributed by atoms with van der Waals surface area (Å²) in [7, 11) is -2.32. The van der Waals surface area contributed by atoms with E-state index in [1.807, 2.05) is 69.3 Å². The third-order valence-electron chi connectivity index (χ3n) is 11.8. The van der Waals surface area contributed by atoms with E-state index in [4.69, 9.17) is 19.2 Å². The molecule has 4 atom stereocenters. The average molecular weight is 818 g/mol. The highest BCUT2D eigenvalue weighted by Gasteiger charge is 2.73. The average Bonchev–Trinajstić information content (AvgIpc) is 4.00. The Morgan fingerprint density at radius 3 is 2.26 bits per heavy atom. The molecule has 3 aliphatic carbocycles. The van der Waals surface area contributed by atoms with E-state index in [2.05, 4.69) is 15.4 Å². The van der Waals surface area contributed by atoms with Gasteiger partial charge in [-0.3, -0.25) is 19.1 Å². The van der Waals surface area contributed by atoms with E-state index in [1.54, 1.807) is 33.9 Å². The van der Waals surface area contributed by atoms with Crippen molar-refractivity contribution in [3.05, 3.63) is 54.6 Å². The van der Waals surface area contributed by atoms with Crippen molar-refractivity contribution in [2.45, 2.75) is 127 Å². The van der Waals surface area contributed by atoms with Crippen LogP contribution in [0, 0.1) is 10.8 Å². The van der Waals surface area contributed by atoms with Gasteiger partial charge in [-0.1, -0.05) is 63.9 Å². The number of sulfonamides is 1. The van der Waals surface area contributed by atoms with E-state index in [0.29, 0.717) is 60.2 Å². The number of nitrogens with zero attached hydrogens (tertiary/aromatic N) is 2. The largest absolute Gasteiger partial charge is 0.497 e. The molecule has 3 saturated carbocycles. The third-order valence-corrected chi connectivity index (χ3v) is 13.7. The molecule has 1 aromatic heterocycles. The fraction of sp³-hybridized carbons (Fsp3) is 0.558. The lowest BCUT2D eigenvalue weighted by Crippen LogP contribution is -2.61. The lowest BCUT2D eigenvalue weighted by molar-refractivity contribution is -0.143. The molecule has 312 valence electrons. The van der Waals surface area contributed by atoms with Crippen LogP contribution < -0.4 is 24.8 Å². The van der Waals surface area contributed by atoms with Crippen molar-refractivity contribution >= 4 is 44.7 Å². The monoisotopic (exact) mass is 817 g/mol. The molecular formula is C43H55N5O9S. The molecule has 3 aromatic rings. The standard InChI is InChI=1S/C43H55N5O9S/c1-40(2,3)35(45-39(52)57-41(4,5)6)37(50)48-24-28(56-34-23-31(26-13-9-8-10-14-26)44-32-21-27(55-7)15-18-30(32)34)22-33(48)36(49)46-43(25-42(43)19-11-12-20-42)38(51)47-58(53,54)29-16-17-29/h8-10,13-15,18,21,23,28-29,33,35H,11-12,16-17,19-20,22,24-25H2,1-7H3,(H,45,52)(H,46,49)(H,47,51). The number of ether oxygens (including phenoxy) is 3. The predicted octanol–water partition coefficient (Wildman–Crippen LogP) is 5.63. The number of benzene rings is 2. The minimum atomic E-state index is -3.90. The number of amides is 4. The van der Waals surface area contributed by atoms with Gasteiger partial charge in [0.25, 0.3) is 5.91 Å². The Hall–Kier alpha value is -4.92. The lowest BCUT2D eigenvalue weighted by Gasteiger charge is -2.36. The summed E-state index contributed by atoms with van der Waals surface area (Å²) in [6.07, 6.45) is 2.85. The van der Waals surface area contributed by atoms with Crippen LogP contribution in [-0.4, -0.2) is 90.3 Å². The molecule has 58 heavy (non-hydrogen) atoms. The second kappa shape index (κ2) is 15.0. The molecule has 4 amide bonds. The van der Waals surface area contributed by atoms with Crippen LogP contribution in [0.3, 0.4) is 0 Å². The van der Waals surface area contributed by atoms with Gasteiger partial charge >= 0.3 is 6.09 Å². The van der Waals surface area contributed by atoms with Gasteiger partial charge in [-0.05, 0) is 70.4 Å². The van der Waals surface area contributed by atoms with Crippen LogP contribution in [0.5, 0.6) is 11.5 Å². The normalized spacial score (nSPS) is 23.3. The molecular weight excluding hydrogens is 763 g/mol. The molecule has 4 unspecified atom stereocenters. The Morgan fingerprint density at radius 2 is 1.64 bits per heavy atom. The summed E-state index contributed by atoms with van der Waals surface area (Å²) in [6, 6.07) is 14.7. The van der Waals surface area contributed by atoms with E-state index >= 15 is 0 Å². The summed E-state index contributed by atoms with van der Waals surface area (Å²) in [4.78, 5) is 63.0. The maximum Gasteiger partial charge on any atom is 0.408 e. The quantitative estimate of drug-likeness (QED) is 0.220. The number of hydrogen-bond acceptors (Lipinski definition) is 10. The highest BCUT2D eigenvalue weighted by atomic mass is 32.2. The number of aromatic nitrogens is 1. The highest BCUT2D eigenvalue weighted by Crippen LogP contribution is 2.66. The first-order chi connectivity index (χ1) is 27.2. The second-order valence-electron chi connectivity index (χ2n) is 18.4. The van der Waals surface area contributed by atoms with Crippen LogP contribution in [-0.2, 0) is 29.1 Å². The fourth-order valence-corrected chi connectivity index (χ4v) is 9.95. The number of fused-ring (bicyclic) bond motifs is 1. The van der Waals surface area contributed by atoms with Crippen LogP contribution in [0.2, 0.25) is 0 Å². The van der Waals surface area contributed by atoms with Gasteiger partial charge in [0, 0.05) is 34.9 Å². The van der Waals surface area contributed by atoms with Crippen molar-refractivity contribution in [1.29, 1.82) is 0 Å². The molecule has 4 aliphatic rings. The van der Waals surface area contributed by atoms with Gasteiger partial charge in [-0.15, -0.1) is 0 Å². The van der Waals surface area contributed by atoms with Crippen molar-refractivity contribution in [2.24, 2.45) is 10.8 Å². The van der Waals surface area contributed by atoms with E-state index in [9.17, 15) is 27.6 Å². The highest BCUT2D eigenvalue weighted by molar-refractivity contribution is 7.91. The SMILES string of the molecule is COc1ccc2c(OC3CC(C(=O)NC4(C(=O)NS(=O)(=O)C5CC5)CC45CCCC5)N(C(=O)C(NC(=O)OC(C)(C)C)C(C)(C)C)C3)cc(-c3ccccc3)nc2c1. The fourth-order valence-electron chi connectivity index (χ4n) is 8.60. The van der Waals surface area contributed by atoms with Crippen LogP contribution in [0.15, 0.2) is 54.6 Å². The molecule has 7 rings (SSSR count). The molecule has 1 aliphatic heterocycles. The number of methoxy groups -OCH3 is 1. The van der Waals surface area contributed by atoms with Gasteiger partial charge in [0.15, 0.2) is 0 Å². The van der Waals surface area contributed by atoms with Crippen LogP contribution in [0.4, 0.5) is 4.79 Å². The summed E-state index contributed by atoms with van der Waals surface area (Å²) in [6.45, 7) is 10.6. The molecule has 3 N–H and O–H groups in total. The summed E-state index contributed by atoms with van der Waals surface area (Å²) in [5.41, 5.74) is -1.54. The number of alkyl carbamates (subject to hydrolysis) is 1. The zero-order chi connectivity index (χ0) is 41.8. The maximum absolute atomic E-state index is 14.8. The Morgan fingerprint density at radius 1 is 0.948 bits per heavy atom. The van der Waals surface area contributed by atoms with Gasteiger partial charge < -0.3 is 29.7 Å². The van der Waals surface area contributed by atoms with Crippen molar-refractivity contribution in [2.75, 3.05) is 13.7 Å². The Kier molecular flexibility index (Phi) is 10.7. The van der Waals surface area contributed by atoms with E-state index in [-0.39, 0.29) is 13.0 Å². The van der Waals surface area contributed by atoms with Crippen molar-refractivity contribution in [3.63, 3.8) is 0 Å². The molecule has 2 aromatic carbocycles. The third kappa shape index (κ3) is 8.32. The summed E-state index contributed by atoms with van der Waals surface area (Å²) in [5.74, 6) is -0.761. The van der Waals surface area contributed by atoms with Gasteiger partial charge in [-0.25, -0.2) is 18.2 Å². The van der Waals surface area contributed by atoms with Gasteiger partial charge in [0.05, 0.1) is 30.1 Å². The Bertz CT molecular complexity index is 2210. The summed E-state index contributed by atoms with van der Waals surface area (Å²) >= 11 is 0. The molecule has 4 fully saturated rings. The number of hydrogen-bond donors (Lipinski definition) is 3. The first kappa shape index (κ1) is 41.2. The number of likely N-dealkylation sites (tertiary alicyclic amines) is 1. The van der Waals surface area contributed by atoms with Crippen molar-refractivity contribution < 1.29 is 41.8 Å². The maximum atomic E-state index is 14.8. The summed E-state index contributed by atoms with van der Waals surface area (Å²) in [5, 5.41) is 5.85. The molecule has 0 radical (unpaired) electrons. The Balaban J connectivity index is 1.23. The summed E-state index contributed by atoms with van der Waals surface area (Å²) < 4.78 is 46.1. The lowest BCUT2D eigenvalue weighted by atomic mass is 9.85. The first-order valence-corrected chi connectivity index (χ1v) is 21.7. The molecule has 1 spiro atoms. The predicted molar refractivity (Wildman–Crippen MR) is 217 cm³/mol. The van der Waals surface area contributed by atoms with Crippen LogP contribution in [0.1, 0.15) is 92.9 Å². The molecule has 14 nitrogen and oxygen atoms in total. The van der Waals surface area contributed by atoms with E-state index < -0.39 is 79.2 Å². The number of nitrogens with one attached hydrogen (secondary N) is 3. The van der Waals surface area contributed by atoms with Crippen molar-refractivity contribution in [1.82, 2.24) is 25.2 Å². The first-order valence-electron chi connectivity index (χ1n) is 20.1. The van der Waals surface area contributed by atoms with Gasteiger partial charge in [0.2, 0.25) is 21.8 Å². The molecule has 1 saturated heterocycles. The number of rotatable bonds is 11. The minimum Gasteiger partial charge on any atom is -0.497 e. The second-order valence-corrected chi connectivity index (χ2v) is 20.4. The number of pyridine rings is 1. The van der Waals surface area contributed by atoms with E-state index in [0.717, 1.165) is 18.4 Å². The zero-order valence-electron chi connectivity index (χ0n) is 34.3. The number of carbonyl (C=O) groups excluding carboxylic acids is 4. The zero-order valence-corrected chi connectivity index (χ0v) is 35.2. The van der Waals surface area contributed by atoms with Gasteiger partial charge in [0.1, 0.15) is 40.8 Å². The Labute approximate surface area is 340 Å². The van der Waals surface area contributed by atoms with E-state index in [1.165, 1.54) is 4.90 Å². The minimum absolute atomic E-state index is 0.0272. The topological polar surface area (TPSA) is 182 Å². The molecule has 15 heteroatoms. The molecule has 0 bridgehead atoms. The van der Waals surface area contributed by atoms with Crippen molar-refractivity contribution in [3.8, 4) is 22.8 Å². The van der Waals surface area contributed by atoms with Gasteiger partial charge in [-0.2, -0.15) is 0 Å².